The van der Waals surface area contributed by atoms with Gasteiger partial charge in [0.2, 0.25) is 0 Å². The largest absolute Gasteiger partial charge is 0.375 e. The summed E-state index contributed by atoms with van der Waals surface area (Å²) in [7, 11) is 0. The van der Waals surface area contributed by atoms with Gasteiger partial charge < -0.3 is 4.90 Å². The Morgan fingerprint density at radius 1 is 1.04 bits per heavy atom. The number of carbonyl (C=O) groups excluding carboxylic acids is 1. The van der Waals surface area contributed by atoms with E-state index in [4.69, 9.17) is 0 Å². The quantitative estimate of drug-likeness (QED) is 0.331. The smallest absolute Gasteiger partial charge is 0.280 e. The van der Waals surface area contributed by atoms with Gasteiger partial charge in [0, 0.05) is 51.1 Å². The summed E-state index contributed by atoms with van der Waals surface area (Å²) in [5.74, 6) is -0.342. The second-order valence-corrected chi connectivity index (χ2v) is 7.14. The maximum atomic E-state index is 12.4. The lowest BCUT2D eigenvalue weighted by atomic mass is 10.0. The summed E-state index contributed by atoms with van der Waals surface area (Å²) in [6, 6.07) is 12.4. The molecule has 0 atom stereocenters. The van der Waals surface area contributed by atoms with E-state index in [2.05, 4.69) is 41.8 Å². The van der Waals surface area contributed by atoms with Crippen molar-refractivity contribution in [2.75, 3.05) is 26.2 Å². The van der Waals surface area contributed by atoms with Gasteiger partial charge in [-0.15, -0.1) is 0 Å². The Labute approximate surface area is 165 Å². The molecule has 0 unspecified atom stereocenters. The molecule has 0 aromatic heterocycles. The number of allylic oxidation sites excluding steroid dienone is 1. The van der Waals surface area contributed by atoms with Crippen molar-refractivity contribution in [3.63, 3.8) is 0 Å². The van der Waals surface area contributed by atoms with Crippen molar-refractivity contribution >= 4 is 11.5 Å². The molecule has 0 saturated carbocycles. The summed E-state index contributed by atoms with van der Waals surface area (Å²) < 4.78 is 0. The summed E-state index contributed by atoms with van der Waals surface area (Å²) in [5.41, 5.74) is 3.99. The monoisotopic (exact) mass is 379 g/mol. The second-order valence-electron chi connectivity index (χ2n) is 7.14. The van der Waals surface area contributed by atoms with Crippen molar-refractivity contribution < 1.29 is 9.72 Å². The van der Waals surface area contributed by atoms with Crippen molar-refractivity contribution in [2.45, 2.75) is 20.4 Å². The van der Waals surface area contributed by atoms with Crippen LogP contribution in [-0.2, 0) is 6.54 Å². The summed E-state index contributed by atoms with van der Waals surface area (Å²) in [6.07, 6.45) is 3.19. The van der Waals surface area contributed by atoms with E-state index in [-0.39, 0.29) is 17.0 Å². The van der Waals surface area contributed by atoms with E-state index >= 15 is 0 Å². The van der Waals surface area contributed by atoms with Gasteiger partial charge in [0.05, 0.1) is 10.5 Å². The van der Waals surface area contributed by atoms with Gasteiger partial charge in [-0.05, 0) is 36.6 Å². The number of hydrogen-bond donors (Lipinski definition) is 0. The van der Waals surface area contributed by atoms with Gasteiger partial charge in [-0.3, -0.25) is 19.8 Å². The van der Waals surface area contributed by atoms with E-state index in [0.717, 1.165) is 32.7 Å². The molecule has 2 aromatic rings. The first-order valence-corrected chi connectivity index (χ1v) is 9.43. The number of nitrogens with zero attached hydrogens (tertiary/aromatic N) is 3. The average Bonchev–Trinajstić information content (AvgIpc) is 2.70. The van der Waals surface area contributed by atoms with E-state index in [1.54, 1.807) is 18.3 Å². The number of aryl methyl sites for hydroxylation is 2. The van der Waals surface area contributed by atoms with Crippen LogP contribution in [0.3, 0.4) is 0 Å². The van der Waals surface area contributed by atoms with E-state index in [1.165, 1.54) is 34.9 Å². The first-order valence-electron chi connectivity index (χ1n) is 9.43. The van der Waals surface area contributed by atoms with Crippen LogP contribution < -0.4 is 0 Å². The molecule has 1 saturated heterocycles. The molecule has 6 nitrogen and oxygen atoms in total. The standard InChI is InChI=1S/C22H25N3O3/c1-17-6-5-7-18(2)20(17)16-24-14-12-23(13-15-24)11-10-22(26)19-8-3-4-9-21(19)25(27)28/h3-11H,12-16H2,1-2H3/b11-10+. The molecule has 1 fully saturated rings. The number of nitro groups is 1. The number of benzene rings is 2. The Hall–Kier alpha value is -2.99. The Kier molecular flexibility index (Phi) is 6.21. The number of piperazine rings is 1. The zero-order valence-corrected chi connectivity index (χ0v) is 16.3. The van der Waals surface area contributed by atoms with Crippen LogP contribution in [0.1, 0.15) is 27.0 Å². The molecule has 1 aliphatic heterocycles. The third-order valence-electron chi connectivity index (χ3n) is 5.24. The van der Waals surface area contributed by atoms with Crippen LogP contribution in [0.2, 0.25) is 0 Å². The minimum absolute atomic E-state index is 0.123. The summed E-state index contributed by atoms with van der Waals surface area (Å²) >= 11 is 0. The van der Waals surface area contributed by atoms with Gasteiger partial charge in [-0.1, -0.05) is 30.3 Å². The normalized spacial score (nSPS) is 15.1. The molecule has 0 radical (unpaired) electrons. The molecule has 0 aliphatic carbocycles. The van der Waals surface area contributed by atoms with Gasteiger partial charge in [0.25, 0.3) is 5.69 Å². The molecular weight excluding hydrogens is 354 g/mol. The highest BCUT2D eigenvalue weighted by Crippen LogP contribution is 2.19. The van der Waals surface area contributed by atoms with Crippen LogP contribution in [0.5, 0.6) is 0 Å². The molecule has 0 bridgehead atoms. The molecule has 0 spiro atoms. The Morgan fingerprint density at radius 2 is 1.68 bits per heavy atom. The second kappa shape index (κ2) is 8.80. The zero-order chi connectivity index (χ0) is 20.1. The third-order valence-corrected chi connectivity index (χ3v) is 5.24. The Bertz CT molecular complexity index is 879. The SMILES string of the molecule is Cc1cccc(C)c1CN1CCN(/C=C/C(=O)c2ccccc2[N+](=O)[O-])CC1. The fourth-order valence-electron chi connectivity index (χ4n) is 3.50. The van der Waals surface area contributed by atoms with Crippen LogP contribution in [0.25, 0.3) is 0 Å². The van der Waals surface area contributed by atoms with Crippen molar-refractivity contribution in [2.24, 2.45) is 0 Å². The van der Waals surface area contributed by atoms with Crippen molar-refractivity contribution in [3.8, 4) is 0 Å². The first-order chi connectivity index (χ1) is 13.5. The molecule has 28 heavy (non-hydrogen) atoms. The van der Waals surface area contributed by atoms with E-state index in [0.29, 0.717) is 0 Å². The van der Waals surface area contributed by atoms with Gasteiger partial charge in [-0.2, -0.15) is 0 Å². The predicted molar refractivity (Wildman–Crippen MR) is 109 cm³/mol. The summed E-state index contributed by atoms with van der Waals surface area (Å²) in [6.45, 7) is 8.71. The molecule has 146 valence electrons. The Morgan fingerprint density at radius 3 is 2.32 bits per heavy atom. The maximum absolute atomic E-state index is 12.4. The summed E-state index contributed by atoms with van der Waals surface area (Å²) in [4.78, 5) is 27.4. The van der Waals surface area contributed by atoms with E-state index in [1.807, 2.05) is 0 Å². The topological polar surface area (TPSA) is 66.7 Å². The highest BCUT2D eigenvalue weighted by molar-refractivity contribution is 6.07. The Balaban J connectivity index is 1.57. The van der Waals surface area contributed by atoms with Crippen molar-refractivity contribution in [3.05, 3.63) is 87.1 Å². The van der Waals surface area contributed by atoms with Crippen LogP contribution >= 0.6 is 0 Å². The lowest BCUT2D eigenvalue weighted by molar-refractivity contribution is -0.385. The molecule has 3 rings (SSSR count). The molecule has 2 aromatic carbocycles. The number of carbonyl (C=O) groups is 1. The van der Waals surface area contributed by atoms with Crippen molar-refractivity contribution in [1.29, 1.82) is 0 Å². The minimum atomic E-state index is -0.520. The lowest BCUT2D eigenvalue weighted by Gasteiger charge is -2.34. The average molecular weight is 379 g/mol. The number of ketones is 1. The van der Waals surface area contributed by atoms with Gasteiger partial charge in [0.15, 0.2) is 5.78 Å². The van der Waals surface area contributed by atoms with Crippen LogP contribution in [0, 0.1) is 24.0 Å². The lowest BCUT2D eigenvalue weighted by Crippen LogP contribution is -2.43. The summed E-state index contributed by atoms with van der Waals surface area (Å²) in [5, 5.41) is 11.1. The number of nitro benzene ring substituents is 1. The van der Waals surface area contributed by atoms with Crippen LogP contribution in [0.4, 0.5) is 5.69 Å². The van der Waals surface area contributed by atoms with Gasteiger partial charge in [-0.25, -0.2) is 0 Å². The molecule has 1 heterocycles. The fourth-order valence-corrected chi connectivity index (χ4v) is 3.50. The van der Waals surface area contributed by atoms with E-state index in [9.17, 15) is 14.9 Å². The minimum Gasteiger partial charge on any atom is -0.375 e. The highest BCUT2D eigenvalue weighted by atomic mass is 16.6. The molecule has 1 aliphatic rings. The molecule has 6 heteroatoms. The van der Waals surface area contributed by atoms with E-state index < -0.39 is 4.92 Å². The van der Waals surface area contributed by atoms with Gasteiger partial charge >= 0.3 is 0 Å². The number of para-hydroxylation sites is 1. The molecule has 0 N–H and O–H groups in total. The van der Waals surface area contributed by atoms with Crippen molar-refractivity contribution in [1.82, 2.24) is 9.80 Å². The number of rotatable bonds is 6. The van der Waals surface area contributed by atoms with Gasteiger partial charge in [0.1, 0.15) is 0 Å². The zero-order valence-electron chi connectivity index (χ0n) is 16.3. The fraction of sp³-hybridized carbons (Fsp3) is 0.318. The highest BCUT2D eigenvalue weighted by Gasteiger charge is 2.19. The molecular formula is C22H25N3O3. The first kappa shape index (κ1) is 19.8. The molecule has 0 amide bonds. The third kappa shape index (κ3) is 4.64. The van der Waals surface area contributed by atoms with Crippen LogP contribution in [0.15, 0.2) is 54.7 Å². The predicted octanol–water partition coefficient (Wildman–Crippen LogP) is 3.73. The van der Waals surface area contributed by atoms with Crippen LogP contribution in [-0.4, -0.2) is 46.7 Å². The maximum Gasteiger partial charge on any atom is 0.280 e. The number of hydrogen-bond acceptors (Lipinski definition) is 5.